The minimum absolute atomic E-state index is 0.234. The monoisotopic (exact) mass is 494 g/mol. The fourth-order valence-electron chi connectivity index (χ4n) is 3.10. The highest BCUT2D eigenvalue weighted by molar-refractivity contribution is 9.10. The van der Waals surface area contributed by atoms with Crippen LogP contribution in [0.1, 0.15) is 40.1 Å². The summed E-state index contributed by atoms with van der Waals surface area (Å²) in [6.07, 6.45) is 0.732. The predicted molar refractivity (Wildman–Crippen MR) is 131 cm³/mol. The van der Waals surface area contributed by atoms with Gasteiger partial charge in [0.1, 0.15) is 5.75 Å². The molecular formula is C26H27BrN2O3. The fraction of sp³-hybridized carbons (Fsp3) is 0.231. The maximum Gasteiger partial charge on any atom is 0.259 e. The van der Waals surface area contributed by atoms with E-state index >= 15 is 0 Å². The van der Waals surface area contributed by atoms with E-state index in [1.807, 2.05) is 50.2 Å². The molecule has 166 valence electrons. The zero-order valence-electron chi connectivity index (χ0n) is 18.2. The van der Waals surface area contributed by atoms with Crippen LogP contribution >= 0.6 is 15.9 Å². The van der Waals surface area contributed by atoms with E-state index < -0.39 is 0 Å². The summed E-state index contributed by atoms with van der Waals surface area (Å²) >= 11 is 3.42. The molecule has 32 heavy (non-hydrogen) atoms. The summed E-state index contributed by atoms with van der Waals surface area (Å²) < 4.78 is 6.59. The second-order valence-electron chi connectivity index (χ2n) is 7.84. The van der Waals surface area contributed by atoms with Crippen molar-refractivity contribution in [1.29, 1.82) is 0 Å². The lowest BCUT2D eigenvalue weighted by Gasteiger charge is -2.15. The number of benzene rings is 3. The largest absolute Gasteiger partial charge is 0.492 e. The van der Waals surface area contributed by atoms with Crippen LogP contribution in [0.3, 0.4) is 0 Å². The van der Waals surface area contributed by atoms with E-state index in [0.717, 1.165) is 16.5 Å². The summed E-state index contributed by atoms with van der Waals surface area (Å²) in [5.41, 5.74) is 2.41. The first-order chi connectivity index (χ1) is 15.4. The molecule has 0 bridgehead atoms. The highest BCUT2D eigenvalue weighted by Crippen LogP contribution is 2.26. The molecule has 0 aromatic heterocycles. The van der Waals surface area contributed by atoms with Crippen molar-refractivity contribution in [2.75, 3.05) is 18.5 Å². The second kappa shape index (κ2) is 11.5. The lowest BCUT2D eigenvalue weighted by molar-refractivity contribution is 0.0955. The Morgan fingerprint density at radius 2 is 1.62 bits per heavy atom. The number of carbonyl (C=O) groups is 2. The van der Waals surface area contributed by atoms with Crippen molar-refractivity contribution in [3.63, 3.8) is 0 Å². The van der Waals surface area contributed by atoms with Gasteiger partial charge in [-0.2, -0.15) is 0 Å². The summed E-state index contributed by atoms with van der Waals surface area (Å²) in [6.45, 7) is 5.10. The molecule has 0 unspecified atom stereocenters. The maximum atomic E-state index is 13.1. The topological polar surface area (TPSA) is 67.4 Å². The summed E-state index contributed by atoms with van der Waals surface area (Å²) in [5, 5.41) is 5.80. The van der Waals surface area contributed by atoms with Crippen LogP contribution in [0.2, 0.25) is 0 Å². The Balaban J connectivity index is 1.71. The van der Waals surface area contributed by atoms with Gasteiger partial charge in [-0.1, -0.05) is 72.2 Å². The number of ether oxygens (including phenoxy) is 1. The third kappa shape index (κ3) is 6.69. The Hall–Kier alpha value is -3.12. The van der Waals surface area contributed by atoms with Gasteiger partial charge in [0, 0.05) is 11.0 Å². The number of anilines is 1. The van der Waals surface area contributed by atoms with Crippen molar-refractivity contribution in [1.82, 2.24) is 5.32 Å². The molecule has 6 heteroatoms. The van der Waals surface area contributed by atoms with Crippen LogP contribution < -0.4 is 15.4 Å². The molecule has 2 amide bonds. The minimum Gasteiger partial charge on any atom is -0.492 e. The summed E-state index contributed by atoms with van der Waals surface area (Å²) in [4.78, 5) is 25.8. The van der Waals surface area contributed by atoms with Gasteiger partial charge in [-0.25, -0.2) is 0 Å². The standard InChI is InChI=1S/C26H27BrN2O3/c1-18(2)17-32-24-13-12-20(27)16-22(24)26(31)29-23-11-7-6-10-21(23)25(30)28-15-14-19-8-4-3-5-9-19/h3-13,16,18H,14-15,17H2,1-2H3,(H,28,30)(H,29,31). The number of halogens is 1. The smallest absolute Gasteiger partial charge is 0.259 e. The third-order valence-corrected chi connectivity index (χ3v) is 5.21. The maximum absolute atomic E-state index is 13.1. The Kier molecular flexibility index (Phi) is 8.45. The van der Waals surface area contributed by atoms with Crippen molar-refractivity contribution in [2.24, 2.45) is 5.92 Å². The zero-order chi connectivity index (χ0) is 22.9. The van der Waals surface area contributed by atoms with Gasteiger partial charge in [0.2, 0.25) is 0 Å². The molecule has 0 heterocycles. The van der Waals surface area contributed by atoms with Crippen LogP contribution in [0, 0.1) is 5.92 Å². The fourth-order valence-corrected chi connectivity index (χ4v) is 3.46. The van der Waals surface area contributed by atoms with Crippen LogP contribution in [0.5, 0.6) is 5.75 Å². The summed E-state index contributed by atoms with van der Waals surface area (Å²) in [6, 6.07) is 22.3. The summed E-state index contributed by atoms with van der Waals surface area (Å²) in [5.74, 6) is 0.260. The van der Waals surface area contributed by atoms with Crippen molar-refractivity contribution < 1.29 is 14.3 Å². The van der Waals surface area contributed by atoms with Gasteiger partial charge in [0.25, 0.3) is 11.8 Å². The number of amides is 2. The Labute approximate surface area is 197 Å². The molecular weight excluding hydrogens is 468 g/mol. The molecule has 3 aromatic rings. The molecule has 0 atom stereocenters. The Morgan fingerprint density at radius 3 is 2.38 bits per heavy atom. The lowest BCUT2D eigenvalue weighted by atomic mass is 10.1. The first kappa shape index (κ1) is 23.5. The predicted octanol–water partition coefficient (Wildman–Crippen LogP) is 5.71. The van der Waals surface area contributed by atoms with Gasteiger partial charge in [-0.15, -0.1) is 0 Å². The lowest BCUT2D eigenvalue weighted by Crippen LogP contribution is -2.27. The minimum atomic E-state index is -0.338. The number of hydrogen-bond acceptors (Lipinski definition) is 3. The van der Waals surface area contributed by atoms with Gasteiger partial charge in [0.05, 0.1) is 23.4 Å². The van der Waals surface area contributed by atoms with E-state index in [-0.39, 0.29) is 11.8 Å². The highest BCUT2D eigenvalue weighted by Gasteiger charge is 2.17. The van der Waals surface area contributed by atoms with E-state index in [0.29, 0.717) is 41.6 Å². The van der Waals surface area contributed by atoms with Crippen molar-refractivity contribution in [3.8, 4) is 5.75 Å². The van der Waals surface area contributed by atoms with Gasteiger partial charge < -0.3 is 15.4 Å². The molecule has 0 radical (unpaired) electrons. The number of rotatable bonds is 9. The SMILES string of the molecule is CC(C)COc1ccc(Br)cc1C(=O)Nc1ccccc1C(=O)NCCc1ccccc1. The molecule has 2 N–H and O–H groups in total. The molecule has 3 rings (SSSR count). The Morgan fingerprint density at radius 1 is 0.906 bits per heavy atom. The molecule has 0 aliphatic heterocycles. The van der Waals surface area contributed by atoms with Gasteiger partial charge in [-0.3, -0.25) is 9.59 Å². The number of nitrogens with one attached hydrogen (secondary N) is 2. The number of carbonyl (C=O) groups excluding carboxylic acids is 2. The van der Waals surface area contributed by atoms with Crippen LogP contribution in [0.25, 0.3) is 0 Å². The van der Waals surface area contributed by atoms with E-state index in [2.05, 4.69) is 26.6 Å². The second-order valence-corrected chi connectivity index (χ2v) is 8.75. The summed E-state index contributed by atoms with van der Waals surface area (Å²) in [7, 11) is 0. The van der Waals surface area contributed by atoms with Crippen molar-refractivity contribution >= 4 is 33.4 Å². The molecule has 0 saturated carbocycles. The average molecular weight is 495 g/mol. The highest BCUT2D eigenvalue weighted by atomic mass is 79.9. The molecule has 5 nitrogen and oxygen atoms in total. The Bertz CT molecular complexity index is 1070. The first-order valence-electron chi connectivity index (χ1n) is 10.6. The van der Waals surface area contributed by atoms with E-state index in [4.69, 9.17) is 4.74 Å². The van der Waals surface area contributed by atoms with Crippen LogP contribution in [0.15, 0.2) is 77.3 Å². The normalized spacial score (nSPS) is 10.6. The van der Waals surface area contributed by atoms with Crippen molar-refractivity contribution in [2.45, 2.75) is 20.3 Å². The molecule has 0 aliphatic carbocycles. The molecule has 0 aliphatic rings. The zero-order valence-corrected chi connectivity index (χ0v) is 19.8. The average Bonchev–Trinajstić information content (AvgIpc) is 2.79. The van der Waals surface area contributed by atoms with E-state index in [1.165, 1.54) is 0 Å². The van der Waals surface area contributed by atoms with Crippen molar-refractivity contribution in [3.05, 3.63) is 94.0 Å². The van der Waals surface area contributed by atoms with E-state index in [9.17, 15) is 9.59 Å². The molecule has 0 fully saturated rings. The van der Waals surface area contributed by atoms with Gasteiger partial charge in [0.15, 0.2) is 0 Å². The van der Waals surface area contributed by atoms with Gasteiger partial charge >= 0.3 is 0 Å². The van der Waals surface area contributed by atoms with Crippen LogP contribution in [0.4, 0.5) is 5.69 Å². The first-order valence-corrected chi connectivity index (χ1v) is 11.4. The number of hydrogen-bond donors (Lipinski definition) is 2. The van der Waals surface area contributed by atoms with Crippen LogP contribution in [-0.2, 0) is 6.42 Å². The van der Waals surface area contributed by atoms with Gasteiger partial charge in [-0.05, 0) is 48.2 Å². The number of para-hydroxylation sites is 1. The quantitative estimate of drug-likeness (QED) is 0.400. The molecule has 0 spiro atoms. The third-order valence-electron chi connectivity index (χ3n) is 4.72. The van der Waals surface area contributed by atoms with E-state index in [1.54, 1.807) is 36.4 Å². The molecule has 0 saturated heterocycles. The van der Waals surface area contributed by atoms with Crippen LogP contribution in [-0.4, -0.2) is 25.0 Å². The molecule has 3 aromatic carbocycles.